The van der Waals surface area contributed by atoms with Crippen LogP contribution in [-0.2, 0) is 0 Å². The number of hydrogen-bond acceptors (Lipinski definition) is 3. The number of piperidine rings is 1. The molecule has 1 aromatic carbocycles. The van der Waals surface area contributed by atoms with Crippen molar-refractivity contribution in [2.45, 2.75) is 25.3 Å². The zero-order chi connectivity index (χ0) is 12.1. The summed E-state index contributed by atoms with van der Waals surface area (Å²) in [6.07, 6.45) is 3.63. The molecule has 1 unspecified atom stereocenters. The third-order valence-corrected chi connectivity index (χ3v) is 3.05. The number of nitriles is 1. The molecular weight excluding hydrogens is 217 g/mol. The van der Waals surface area contributed by atoms with Crippen molar-refractivity contribution < 1.29 is 4.39 Å². The Morgan fingerprint density at radius 3 is 3.06 bits per heavy atom. The summed E-state index contributed by atoms with van der Waals surface area (Å²) in [5.74, 6) is -0.372. The second kappa shape index (κ2) is 5.65. The van der Waals surface area contributed by atoms with E-state index in [1.807, 2.05) is 6.07 Å². The van der Waals surface area contributed by atoms with E-state index < -0.39 is 0 Å². The van der Waals surface area contributed by atoms with Gasteiger partial charge >= 0.3 is 0 Å². The van der Waals surface area contributed by atoms with E-state index in [-0.39, 0.29) is 5.82 Å². The normalized spacial score (nSPS) is 19.6. The second-order valence-corrected chi connectivity index (χ2v) is 4.33. The van der Waals surface area contributed by atoms with E-state index in [9.17, 15) is 4.39 Å². The van der Waals surface area contributed by atoms with Crippen molar-refractivity contribution in [3.05, 3.63) is 29.6 Å². The first-order chi connectivity index (χ1) is 8.29. The highest BCUT2D eigenvalue weighted by atomic mass is 19.1. The zero-order valence-corrected chi connectivity index (χ0v) is 9.67. The van der Waals surface area contributed by atoms with Crippen LogP contribution in [-0.4, -0.2) is 19.1 Å². The van der Waals surface area contributed by atoms with E-state index in [2.05, 4.69) is 10.6 Å². The third-order valence-electron chi connectivity index (χ3n) is 3.05. The van der Waals surface area contributed by atoms with E-state index in [1.54, 1.807) is 6.07 Å². The Morgan fingerprint density at radius 1 is 1.47 bits per heavy atom. The van der Waals surface area contributed by atoms with E-state index in [0.29, 0.717) is 17.3 Å². The molecule has 0 aromatic heterocycles. The first kappa shape index (κ1) is 11.9. The molecule has 90 valence electrons. The van der Waals surface area contributed by atoms with Gasteiger partial charge in [-0.1, -0.05) is 6.42 Å². The number of rotatable bonds is 3. The van der Waals surface area contributed by atoms with Gasteiger partial charge in [0.15, 0.2) is 0 Å². The fourth-order valence-corrected chi connectivity index (χ4v) is 2.09. The van der Waals surface area contributed by atoms with Crippen LogP contribution in [0.15, 0.2) is 18.2 Å². The lowest BCUT2D eigenvalue weighted by atomic mass is 10.0. The molecule has 1 heterocycles. The zero-order valence-electron chi connectivity index (χ0n) is 9.67. The summed E-state index contributed by atoms with van der Waals surface area (Å²) in [4.78, 5) is 0. The van der Waals surface area contributed by atoms with Crippen LogP contribution in [0.3, 0.4) is 0 Å². The van der Waals surface area contributed by atoms with Crippen LogP contribution >= 0.6 is 0 Å². The minimum atomic E-state index is -0.372. The molecule has 1 atom stereocenters. The van der Waals surface area contributed by atoms with Gasteiger partial charge in [-0.25, -0.2) is 4.39 Å². The molecule has 0 bridgehead atoms. The Morgan fingerprint density at radius 2 is 2.35 bits per heavy atom. The fraction of sp³-hybridized carbons (Fsp3) is 0.462. The summed E-state index contributed by atoms with van der Waals surface area (Å²) in [5, 5.41) is 15.5. The lowest BCUT2D eigenvalue weighted by molar-refractivity contribution is 0.414. The quantitative estimate of drug-likeness (QED) is 0.841. The van der Waals surface area contributed by atoms with Gasteiger partial charge in [0.05, 0.1) is 11.3 Å². The first-order valence-corrected chi connectivity index (χ1v) is 5.96. The maximum absolute atomic E-state index is 12.9. The molecule has 0 saturated carbocycles. The van der Waals surface area contributed by atoms with Crippen LogP contribution in [0.2, 0.25) is 0 Å². The molecular formula is C13H16FN3. The summed E-state index contributed by atoms with van der Waals surface area (Å²) in [5.41, 5.74) is 1.07. The molecule has 1 aromatic rings. The van der Waals surface area contributed by atoms with Gasteiger partial charge in [-0.3, -0.25) is 0 Å². The van der Waals surface area contributed by atoms with Crippen LogP contribution in [0, 0.1) is 17.1 Å². The van der Waals surface area contributed by atoms with Crippen LogP contribution < -0.4 is 10.6 Å². The van der Waals surface area contributed by atoms with Gasteiger partial charge < -0.3 is 10.6 Å². The SMILES string of the molecule is N#Cc1cc(F)ccc1NCC1CCCCN1. The third kappa shape index (κ3) is 3.18. The molecule has 17 heavy (non-hydrogen) atoms. The molecule has 4 heteroatoms. The van der Waals surface area contributed by atoms with Crippen LogP contribution in [0.4, 0.5) is 10.1 Å². The molecule has 3 nitrogen and oxygen atoms in total. The Kier molecular flexibility index (Phi) is 3.94. The first-order valence-electron chi connectivity index (χ1n) is 5.96. The number of nitrogens with zero attached hydrogens (tertiary/aromatic N) is 1. The molecule has 2 N–H and O–H groups in total. The molecule has 1 aliphatic heterocycles. The molecule has 2 rings (SSSR count). The highest BCUT2D eigenvalue weighted by molar-refractivity contribution is 5.57. The number of halogens is 1. The average molecular weight is 233 g/mol. The summed E-state index contributed by atoms with van der Waals surface area (Å²) >= 11 is 0. The van der Waals surface area contributed by atoms with Crippen LogP contribution in [0.1, 0.15) is 24.8 Å². The smallest absolute Gasteiger partial charge is 0.124 e. The van der Waals surface area contributed by atoms with E-state index in [4.69, 9.17) is 5.26 Å². The number of anilines is 1. The number of nitrogens with one attached hydrogen (secondary N) is 2. The summed E-state index contributed by atoms with van der Waals surface area (Å²) in [7, 11) is 0. The van der Waals surface area contributed by atoms with Crippen molar-refractivity contribution in [2.75, 3.05) is 18.4 Å². The maximum Gasteiger partial charge on any atom is 0.124 e. The van der Waals surface area contributed by atoms with E-state index in [1.165, 1.54) is 25.0 Å². The Bertz CT molecular complexity index is 419. The van der Waals surface area contributed by atoms with Gasteiger partial charge in [0, 0.05) is 12.6 Å². The van der Waals surface area contributed by atoms with Crippen LogP contribution in [0.25, 0.3) is 0 Å². The lowest BCUT2D eigenvalue weighted by Crippen LogP contribution is -2.39. The Hall–Kier alpha value is -1.60. The molecule has 1 fully saturated rings. The van der Waals surface area contributed by atoms with Crippen molar-refractivity contribution in [3.63, 3.8) is 0 Å². The Balaban J connectivity index is 1.96. The number of benzene rings is 1. The fourth-order valence-electron chi connectivity index (χ4n) is 2.09. The monoisotopic (exact) mass is 233 g/mol. The highest BCUT2D eigenvalue weighted by Gasteiger charge is 2.12. The van der Waals surface area contributed by atoms with Gasteiger partial charge in [0.25, 0.3) is 0 Å². The van der Waals surface area contributed by atoms with Gasteiger partial charge in [0.2, 0.25) is 0 Å². The number of hydrogen-bond donors (Lipinski definition) is 2. The van der Waals surface area contributed by atoms with E-state index >= 15 is 0 Å². The molecule has 0 aliphatic carbocycles. The molecule has 0 spiro atoms. The van der Waals surface area contributed by atoms with Gasteiger partial charge in [0.1, 0.15) is 11.9 Å². The summed E-state index contributed by atoms with van der Waals surface area (Å²) < 4.78 is 12.9. The van der Waals surface area contributed by atoms with Crippen molar-refractivity contribution in [1.82, 2.24) is 5.32 Å². The largest absolute Gasteiger partial charge is 0.382 e. The summed E-state index contributed by atoms with van der Waals surface area (Å²) in [6.45, 7) is 1.83. The van der Waals surface area contributed by atoms with Crippen molar-refractivity contribution in [3.8, 4) is 6.07 Å². The molecule has 0 radical (unpaired) electrons. The maximum atomic E-state index is 12.9. The average Bonchev–Trinajstić information content (AvgIpc) is 2.38. The topological polar surface area (TPSA) is 47.9 Å². The van der Waals surface area contributed by atoms with Gasteiger partial charge in [-0.05, 0) is 37.6 Å². The minimum Gasteiger partial charge on any atom is -0.382 e. The van der Waals surface area contributed by atoms with Gasteiger partial charge in [-0.2, -0.15) is 5.26 Å². The Labute approximate surface area is 101 Å². The molecule has 1 aliphatic rings. The predicted molar refractivity (Wildman–Crippen MR) is 65.2 cm³/mol. The van der Waals surface area contributed by atoms with Crippen molar-refractivity contribution in [2.24, 2.45) is 0 Å². The van der Waals surface area contributed by atoms with E-state index in [0.717, 1.165) is 19.5 Å². The van der Waals surface area contributed by atoms with Crippen molar-refractivity contribution in [1.29, 1.82) is 5.26 Å². The van der Waals surface area contributed by atoms with Crippen LogP contribution in [0.5, 0.6) is 0 Å². The second-order valence-electron chi connectivity index (χ2n) is 4.33. The molecule has 0 amide bonds. The minimum absolute atomic E-state index is 0.362. The predicted octanol–water partition coefficient (Wildman–Crippen LogP) is 2.25. The molecule has 1 saturated heterocycles. The summed E-state index contributed by atoms with van der Waals surface area (Å²) in [6, 6.07) is 6.70. The van der Waals surface area contributed by atoms with Gasteiger partial charge in [-0.15, -0.1) is 0 Å². The van der Waals surface area contributed by atoms with Crippen molar-refractivity contribution >= 4 is 5.69 Å². The standard InChI is InChI=1S/C13H16FN3/c14-11-4-5-13(10(7-11)8-15)17-9-12-3-1-2-6-16-12/h4-5,7,12,16-17H,1-3,6,9H2. The highest BCUT2D eigenvalue weighted by Crippen LogP contribution is 2.16. The lowest BCUT2D eigenvalue weighted by Gasteiger charge is -2.24.